The summed E-state index contributed by atoms with van der Waals surface area (Å²) >= 11 is 9.04. The van der Waals surface area contributed by atoms with Crippen LogP contribution in [-0.2, 0) is 0 Å². The van der Waals surface area contributed by atoms with Crippen LogP contribution in [0.5, 0.6) is 0 Å². The third-order valence-corrected chi connectivity index (χ3v) is 4.41. The fourth-order valence-electron chi connectivity index (χ4n) is 0.157. The molecule has 0 nitrogen and oxygen atoms in total. The molecular weight excluding hydrogens is 229 g/mol. The second kappa shape index (κ2) is 6.03. The first kappa shape index (κ1) is 8.91. The second-order valence-corrected chi connectivity index (χ2v) is 6.12. The maximum atomic E-state index is 5.68. The molecule has 0 aliphatic carbocycles. The van der Waals surface area contributed by atoms with Gasteiger partial charge in [-0.2, -0.15) is 0 Å². The van der Waals surface area contributed by atoms with E-state index in [1.165, 1.54) is 11.1 Å². The molecule has 0 spiro atoms. The molecule has 0 radical (unpaired) electrons. The third kappa shape index (κ3) is 5.05. The van der Waals surface area contributed by atoms with Crippen LogP contribution in [0, 0.1) is 0 Å². The third-order valence-electron chi connectivity index (χ3n) is 0.398. The normalized spacial score (nSPS) is 12.5. The molecule has 0 aliphatic heterocycles. The van der Waals surface area contributed by atoms with Gasteiger partial charge in [0, 0.05) is 0 Å². The zero-order valence-corrected chi connectivity index (χ0v) is 8.03. The summed E-state index contributed by atoms with van der Waals surface area (Å²) in [5.41, 5.74) is 2.84. The van der Waals surface area contributed by atoms with Gasteiger partial charge in [-0.25, -0.2) is 0 Å². The predicted octanol–water partition coefficient (Wildman–Crippen LogP) is 2.80. The Morgan fingerprint density at radius 2 is 1.38 bits per heavy atom. The summed E-state index contributed by atoms with van der Waals surface area (Å²) in [6, 6.07) is 0. The van der Waals surface area contributed by atoms with Gasteiger partial charge in [-0.15, -0.1) is 0 Å². The van der Waals surface area contributed by atoms with Crippen molar-refractivity contribution in [2.75, 3.05) is 0 Å². The monoisotopic (exact) mass is 232 g/mol. The Bertz CT molecular complexity index is 87.5. The Balaban J connectivity index is 3.47. The van der Waals surface area contributed by atoms with Gasteiger partial charge in [0.15, 0.2) is 0 Å². The van der Waals surface area contributed by atoms with Crippen LogP contribution >= 0.6 is 33.2 Å². The van der Waals surface area contributed by atoms with Gasteiger partial charge in [0.1, 0.15) is 0 Å². The van der Waals surface area contributed by atoms with E-state index in [1.807, 2.05) is 0 Å². The number of rotatable bonds is 2. The standard InChI is InChI=1S/C4H4AsCl3/c6-3-1-5(8)2-4-7/h1-4H/b3-1-,4-2-. The first-order valence-electron chi connectivity index (χ1n) is 1.79. The van der Waals surface area contributed by atoms with E-state index in [9.17, 15) is 0 Å². The van der Waals surface area contributed by atoms with E-state index < -0.39 is 13.7 Å². The molecular formula is C4H4AsCl3. The van der Waals surface area contributed by atoms with Crippen molar-refractivity contribution >= 4 is 46.9 Å². The van der Waals surface area contributed by atoms with Gasteiger partial charge < -0.3 is 0 Å². The number of halogens is 3. The van der Waals surface area contributed by atoms with Crippen LogP contribution in [0.1, 0.15) is 0 Å². The molecule has 8 heavy (non-hydrogen) atoms. The summed E-state index contributed by atoms with van der Waals surface area (Å²) in [4.78, 5) is 3.52. The summed E-state index contributed by atoms with van der Waals surface area (Å²) in [5.74, 6) is 0. The van der Waals surface area contributed by atoms with Crippen molar-refractivity contribution in [2.45, 2.75) is 0 Å². The van der Waals surface area contributed by atoms with E-state index in [0.29, 0.717) is 0 Å². The van der Waals surface area contributed by atoms with Crippen LogP contribution in [0.15, 0.2) is 20.8 Å². The second-order valence-electron chi connectivity index (χ2n) is 0.894. The Labute approximate surface area is 67.5 Å². The molecule has 0 amide bonds. The average Bonchev–Trinajstić information content (AvgIpc) is 1.68. The molecule has 0 unspecified atom stereocenters. The minimum absolute atomic E-state index is 1.41. The van der Waals surface area contributed by atoms with Crippen molar-refractivity contribution in [3.05, 3.63) is 20.8 Å². The van der Waals surface area contributed by atoms with Crippen LogP contribution in [-0.4, -0.2) is 13.7 Å². The van der Waals surface area contributed by atoms with Crippen LogP contribution < -0.4 is 0 Å². The fraction of sp³-hybridized carbons (Fsp3) is 0. The van der Waals surface area contributed by atoms with Gasteiger partial charge >= 0.3 is 67.7 Å². The molecule has 46 valence electrons. The molecule has 0 aromatic rings. The summed E-state index contributed by atoms with van der Waals surface area (Å²) in [6.07, 6.45) is 0. The Hall–Kier alpha value is 0.908. The average molecular weight is 233 g/mol. The molecule has 0 aromatic heterocycles. The number of hydrogen-bond acceptors (Lipinski definition) is 0. The van der Waals surface area contributed by atoms with Gasteiger partial charge in [-0.05, 0) is 0 Å². The van der Waals surface area contributed by atoms with Crippen molar-refractivity contribution in [3.63, 3.8) is 0 Å². The van der Waals surface area contributed by atoms with Crippen molar-refractivity contribution in [1.29, 1.82) is 0 Å². The molecule has 0 aliphatic rings. The van der Waals surface area contributed by atoms with Crippen molar-refractivity contribution in [3.8, 4) is 0 Å². The SMILES string of the molecule is Cl/C=C\[As](Cl)/C=C\Cl. The molecule has 0 heterocycles. The van der Waals surface area contributed by atoms with Crippen molar-refractivity contribution in [2.24, 2.45) is 0 Å². The minimum atomic E-state index is -1.41. The van der Waals surface area contributed by atoms with Crippen LogP contribution in [0.3, 0.4) is 0 Å². The Morgan fingerprint density at radius 1 is 1.00 bits per heavy atom. The topological polar surface area (TPSA) is 0 Å². The van der Waals surface area contributed by atoms with Crippen LogP contribution in [0.4, 0.5) is 0 Å². The van der Waals surface area contributed by atoms with E-state index in [0.717, 1.165) is 0 Å². The molecule has 0 atom stereocenters. The Kier molecular flexibility index (Phi) is 6.72. The molecule has 0 saturated carbocycles. The molecule has 0 bridgehead atoms. The summed E-state index contributed by atoms with van der Waals surface area (Å²) in [7, 11) is 5.68. The van der Waals surface area contributed by atoms with Gasteiger partial charge in [-0.1, -0.05) is 0 Å². The Morgan fingerprint density at radius 3 is 1.62 bits per heavy atom. The van der Waals surface area contributed by atoms with Gasteiger partial charge in [0.25, 0.3) is 0 Å². The summed E-state index contributed by atoms with van der Waals surface area (Å²) in [6.45, 7) is 0. The van der Waals surface area contributed by atoms with Crippen molar-refractivity contribution in [1.82, 2.24) is 0 Å². The molecule has 0 fully saturated rings. The van der Waals surface area contributed by atoms with Crippen molar-refractivity contribution < 1.29 is 0 Å². The molecule has 4 heteroatoms. The molecule has 0 N–H and O–H groups in total. The van der Waals surface area contributed by atoms with Crippen LogP contribution in [0.2, 0.25) is 0 Å². The maximum absolute atomic E-state index is 5.68. The van der Waals surface area contributed by atoms with E-state index in [-0.39, 0.29) is 0 Å². The van der Waals surface area contributed by atoms with Gasteiger partial charge in [0.2, 0.25) is 0 Å². The molecule has 0 rings (SSSR count). The first-order chi connectivity index (χ1) is 3.81. The molecule has 0 saturated heterocycles. The molecule has 0 aromatic carbocycles. The zero-order chi connectivity index (χ0) is 6.41. The predicted molar refractivity (Wildman–Crippen MR) is 41.6 cm³/mol. The van der Waals surface area contributed by atoms with E-state index >= 15 is 0 Å². The van der Waals surface area contributed by atoms with Gasteiger partial charge in [-0.3, -0.25) is 0 Å². The van der Waals surface area contributed by atoms with Gasteiger partial charge in [0.05, 0.1) is 0 Å². The zero-order valence-electron chi connectivity index (χ0n) is 3.89. The quantitative estimate of drug-likeness (QED) is 0.643. The summed E-state index contributed by atoms with van der Waals surface area (Å²) < 4.78 is 0. The van der Waals surface area contributed by atoms with Crippen LogP contribution in [0.25, 0.3) is 0 Å². The van der Waals surface area contributed by atoms with E-state index in [1.54, 1.807) is 9.73 Å². The first-order valence-corrected chi connectivity index (χ1v) is 7.29. The summed E-state index contributed by atoms with van der Waals surface area (Å²) in [5, 5.41) is 0. The van der Waals surface area contributed by atoms with E-state index in [2.05, 4.69) is 0 Å². The van der Waals surface area contributed by atoms with E-state index in [4.69, 9.17) is 33.2 Å². The fourth-order valence-corrected chi connectivity index (χ4v) is 3.26. The number of hydrogen-bond donors (Lipinski definition) is 0.